The highest BCUT2D eigenvalue weighted by molar-refractivity contribution is 5.88. The van der Waals surface area contributed by atoms with Crippen molar-refractivity contribution in [2.45, 2.75) is 19.3 Å². The Balaban J connectivity index is 2.01. The van der Waals surface area contributed by atoms with E-state index in [0.717, 1.165) is 31.9 Å². The van der Waals surface area contributed by atoms with Gasteiger partial charge in [-0.05, 0) is 50.2 Å². The van der Waals surface area contributed by atoms with E-state index in [1.807, 2.05) is 4.90 Å². The van der Waals surface area contributed by atoms with Gasteiger partial charge in [-0.2, -0.15) is 0 Å². The van der Waals surface area contributed by atoms with Crippen LogP contribution in [-0.4, -0.2) is 59.8 Å². The molecule has 0 aliphatic carbocycles. The Bertz CT molecular complexity index is 509. The maximum Gasteiger partial charge on any atom is 0.335 e. The number of hydrogen-bond acceptors (Lipinski definition) is 4. The topological polar surface area (TPSA) is 81.1 Å². The van der Waals surface area contributed by atoms with E-state index in [4.69, 9.17) is 10.2 Å². The average Bonchev–Trinajstić information content (AvgIpc) is 3.00. The molecule has 0 bridgehead atoms. The zero-order valence-electron chi connectivity index (χ0n) is 12.6. The molecule has 1 heterocycles. The molecule has 1 aliphatic rings. The molecule has 0 unspecified atom stereocenters. The first-order valence-corrected chi connectivity index (χ1v) is 7.59. The minimum Gasteiger partial charge on any atom is -0.481 e. The third-order valence-electron chi connectivity index (χ3n) is 3.96. The molecule has 1 aromatic rings. The fraction of sp³-hybridized carbons (Fsp3) is 0.500. The van der Waals surface area contributed by atoms with E-state index in [1.54, 1.807) is 24.3 Å². The highest BCUT2D eigenvalue weighted by Crippen LogP contribution is 2.17. The summed E-state index contributed by atoms with van der Waals surface area (Å²) in [5, 5.41) is 17.8. The summed E-state index contributed by atoms with van der Waals surface area (Å²) in [6.45, 7) is 4.28. The van der Waals surface area contributed by atoms with Crippen molar-refractivity contribution in [3.05, 3.63) is 29.8 Å². The second-order valence-corrected chi connectivity index (χ2v) is 5.53. The summed E-state index contributed by atoms with van der Waals surface area (Å²) in [5.41, 5.74) is 1.10. The standard InChI is InChI=1S/C16H22N2O4/c19-15(20)7-10-18(12-11-17-8-1-2-9-17)14-5-3-13(4-6-14)16(21)22/h3-6H,1-2,7-12H2,(H,19,20)(H,21,22). The SMILES string of the molecule is O=C(O)CCN(CCN1CCCC1)c1ccc(C(=O)O)cc1. The van der Waals surface area contributed by atoms with Crippen molar-refractivity contribution < 1.29 is 19.8 Å². The Hall–Kier alpha value is -2.08. The van der Waals surface area contributed by atoms with E-state index in [2.05, 4.69) is 4.90 Å². The van der Waals surface area contributed by atoms with Gasteiger partial charge in [0.25, 0.3) is 0 Å². The predicted molar refractivity (Wildman–Crippen MR) is 83.5 cm³/mol. The second-order valence-electron chi connectivity index (χ2n) is 5.53. The second kappa shape index (κ2) is 7.79. The first-order chi connectivity index (χ1) is 10.6. The van der Waals surface area contributed by atoms with Crippen molar-refractivity contribution in [2.24, 2.45) is 0 Å². The zero-order valence-corrected chi connectivity index (χ0v) is 12.6. The highest BCUT2D eigenvalue weighted by atomic mass is 16.4. The minimum absolute atomic E-state index is 0.0701. The van der Waals surface area contributed by atoms with Gasteiger partial charge < -0.3 is 20.0 Å². The Labute approximate surface area is 130 Å². The van der Waals surface area contributed by atoms with Gasteiger partial charge in [-0.3, -0.25) is 4.79 Å². The maximum absolute atomic E-state index is 10.9. The van der Waals surface area contributed by atoms with E-state index < -0.39 is 11.9 Å². The van der Waals surface area contributed by atoms with Crippen molar-refractivity contribution in [1.29, 1.82) is 0 Å². The van der Waals surface area contributed by atoms with Gasteiger partial charge >= 0.3 is 11.9 Å². The van der Waals surface area contributed by atoms with Gasteiger partial charge in [-0.15, -0.1) is 0 Å². The van der Waals surface area contributed by atoms with Crippen molar-refractivity contribution >= 4 is 17.6 Å². The normalized spacial score (nSPS) is 14.9. The van der Waals surface area contributed by atoms with Gasteiger partial charge in [0.2, 0.25) is 0 Å². The third kappa shape index (κ3) is 4.73. The molecule has 120 valence electrons. The summed E-state index contributed by atoms with van der Waals surface area (Å²) in [4.78, 5) is 26.1. The number of carbonyl (C=O) groups is 2. The molecule has 6 nitrogen and oxygen atoms in total. The van der Waals surface area contributed by atoms with Gasteiger partial charge in [0.05, 0.1) is 12.0 Å². The van der Waals surface area contributed by atoms with Gasteiger partial charge in [-0.25, -0.2) is 4.79 Å². The molecule has 0 aromatic heterocycles. The monoisotopic (exact) mass is 306 g/mol. The first kappa shape index (κ1) is 16.3. The Morgan fingerprint density at radius 3 is 2.23 bits per heavy atom. The molecule has 1 saturated heterocycles. The van der Waals surface area contributed by atoms with Crippen LogP contribution in [0.4, 0.5) is 5.69 Å². The highest BCUT2D eigenvalue weighted by Gasteiger charge is 2.15. The lowest BCUT2D eigenvalue weighted by Crippen LogP contribution is -2.35. The molecular weight excluding hydrogens is 284 g/mol. The fourth-order valence-electron chi connectivity index (χ4n) is 2.68. The largest absolute Gasteiger partial charge is 0.481 e. The van der Waals surface area contributed by atoms with E-state index in [1.165, 1.54) is 12.8 Å². The molecule has 2 N–H and O–H groups in total. The van der Waals surface area contributed by atoms with Gasteiger partial charge in [0, 0.05) is 25.3 Å². The summed E-state index contributed by atoms with van der Waals surface area (Å²) in [6.07, 6.45) is 2.52. The van der Waals surface area contributed by atoms with Crippen LogP contribution in [0.15, 0.2) is 24.3 Å². The van der Waals surface area contributed by atoms with Crippen molar-refractivity contribution in [3.63, 3.8) is 0 Å². The number of carboxylic acids is 2. The fourth-order valence-corrected chi connectivity index (χ4v) is 2.68. The molecule has 0 spiro atoms. The Morgan fingerprint density at radius 1 is 1.05 bits per heavy atom. The number of carboxylic acid groups (broad SMARTS) is 2. The van der Waals surface area contributed by atoms with Crippen LogP contribution in [0.2, 0.25) is 0 Å². The van der Waals surface area contributed by atoms with Crippen molar-refractivity contribution in [2.75, 3.05) is 37.6 Å². The Morgan fingerprint density at radius 2 is 1.68 bits per heavy atom. The number of likely N-dealkylation sites (tertiary alicyclic amines) is 1. The number of rotatable bonds is 8. The molecule has 1 fully saturated rings. The molecule has 0 radical (unpaired) electrons. The molecule has 22 heavy (non-hydrogen) atoms. The van der Waals surface area contributed by atoms with E-state index in [0.29, 0.717) is 6.54 Å². The zero-order chi connectivity index (χ0) is 15.9. The van der Waals surface area contributed by atoms with Gasteiger partial charge in [0.15, 0.2) is 0 Å². The van der Waals surface area contributed by atoms with E-state index >= 15 is 0 Å². The van der Waals surface area contributed by atoms with E-state index in [9.17, 15) is 9.59 Å². The lowest BCUT2D eigenvalue weighted by atomic mass is 10.2. The number of benzene rings is 1. The Kier molecular flexibility index (Phi) is 5.77. The summed E-state index contributed by atoms with van der Waals surface area (Å²) in [6, 6.07) is 6.60. The molecule has 0 atom stereocenters. The number of anilines is 1. The van der Waals surface area contributed by atoms with Crippen molar-refractivity contribution in [3.8, 4) is 0 Å². The molecule has 0 amide bonds. The predicted octanol–water partition coefficient (Wildman–Crippen LogP) is 1.76. The first-order valence-electron chi connectivity index (χ1n) is 7.59. The molecular formula is C16H22N2O4. The van der Waals surface area contributed by atoms with Crippen LogP contribution >= 0.6 is 0 Å². The van der Waals surface area contributed by atoms with Gasteiger partial charge in [-0.1, -0.05) is 0 Å². The van der Waals surface area contributed by atoms with Gasteiger partial charge in [0.1, 0.15) is 0 Å². The van der Waals surface area contributed by atoms with Crippen LogP contribution in [0.1, 0.15) is 29.6 Å². The smallest absolute Gasteiger partial charge is 0.335 e. The summed E-state index contributed by atoms with van der Waals surface area (Å²) < 4.78 is 0. The van der Waals surface area contributed by atoms with Crippen LogP contribution in [0.25, 0.3) is 0 Å². The van der Waals surface area contributed by atoms with E-state index in [-0.39, 0.29) is 12.0 Å². The van der Waals surface area contributed by atoms with Crippen LogP contribution in [0.5, 0.6) is 0 Å². The summed E-state index contributed by atoms with van der Waals surface area (Å²) in [7, 11) is 0. The van der Waals surface area contributed by atoms with Crippen LogP contribution < -0.4 is 4.90 Å². The minimum atomic E-state index is -0.958. The number of nitrogens with zero attached hydrogens (tertiary/aromatic N) is 2. The third-order valence-corrected chi connectivity index (χ3v) is 3.96. The number of aromatic carboxylic acids is 1. The van der Waals surface area contributed by atoms with Crippen LogP contribution in [0.3, 0.4) is 0 Å². The molecule has 2 rings (SSSR count). The quantitative estimate of drug-likeness (QED) is 0.762. The van der Waals surface area contributed by atoms with Crippen LogP contribution in [0, 0.1) is 0 Å². The summed E-state index contributed by atoms with van der Waals surface area (Å²) >= 11 is 0. The molecule has 1 aliphatic heterocycles. The number of hydrogen-bond donors (Lipinski definition) is 2. The maximum atomic E-state index is 10.9. The summed E-state index contributed by atoms with van der Waals surface area (Å²) in [5.74, 6) is -1.78. The molecule has 6 heteroatoms. The van der Waals surface area contributed by atoms with Crippen LogP contribution in [-0.2, 0) is 4.79 Å². The molecule has 1 aromatic carbocycles. The van der Waals surface area contributed by atoms with Crippen molar-refractivity contribution in [1.82, 2.24) is 4.90 Å². The lowest BCUT2D eigenvalue weighted by molar-refractivity contribution is -0.136. The molecule has 0 saturated carbocycles. The number of aliphatic carboxylic acids is 1. The lowest BCUT2D eigenvalue weighted by Gasteiger charge is -2.27. The average molecular weight is 306 g/mol.